The van der Waals surface area contributed by atoms with E-state index < -0.39 is 6.04 Å². The molecule has 1 aliphatic heterocycles. The lowest BCUT2D eigenvalue weighted by molar-refractivity contribution is -0.133. The molecule has 1 atom stereocenters. The number of hydrogen-bond acceptors (Lipinski definition) is 6. The van der Waals surface area contributed by atoms with Gasteiger partial charge in [-0.1, -0.05) is 23.7 Å². The minimum absolute atomic E-state index is 0.0620. The quantitative estimate of drug-likeness (QED) is 0.722. The molecule has 0 spiro atoms. The van der Waals surface area contributed by atoms with Crippen molar-refractivity contribution in [2.75, 3.05) is 43.1 Å². The van der Waals surface area contributed by atoms with Gasteiger partial charge in [0.15, 0.2) is 0 Å². The van der Waals surface area contributed by atoms with E-state index in [4.69, 9.17) is 11.6 Å². The van der Waals surface area contributed by atoms with Crippen LogP contribution < -0.4 is 10.2 Å². The van der Waals surface area contributed by atoms with Gasteiger partial charge in [-0.15, -0.1) is 0 Å². The van der Waals surface area contributed by atoms with Crippen LogP contribution >= 0.6 is 23.4 Å². The second kappa shape index (κ2) is 10.5. The highest BCUT2D eigenvalue weighted by Crippen LogP contribution is 2.16. The Kier molecular flexibility index (Phi) is 7.71. The summed E-state index contributed by atoms with van der Waals surface area (Å²) in [5.74, 6) is 1.06. The largest absolute Gasteiger partial charge is 0.340 e. The lowest BCUT2D eigenvalue weighted by Gasteiger charge is -2.36. The molecule has 0 radical (unpaired) electrons. The van der Waals surface area contributed by atoms with Crippen molar-refractivity contribution in [1.29, 1.82) is 0 Å². The molecule has 9 heteroatoms. The first-order valence-corrected chi connectivity index (χ1v) is 11.2. The van der Waals surface area contributed by atoms with Crippen LogP contribution in [0.1, 0.15) is 16.8 Å². The maximum absolute atomic E-state index is 13.1. The van der Waals surface area contributed by atoms with Gasteiger partial charge in [0.1, 0.15) is 6.04 Å². The number of piperazine rings is 1. The highest BCUT2D eigenvalue weighted by atomic mass is 35.5. The fraction of sp³-hybridized carbons (Fsp3) is 0.400. The minimum Gasteiger partial charge on any atom is -0.340 e. The Morgan fingerprint density at radius 2 is 1.83 bits per heavy atom. The number of rotatable bonds is 7. The maximum Gasteiger partial charge on any atom is 0.253 e. The van der Waals surface area contributed by atoms with Gasteiger partial charge in [-0.05, 0) is 36.6 Å². The number of nitrogens with zero attached hydrogens (tertiary/aromatic N) is 4. The van der Waals surface area contributed by atoms with E-state index in [1.165, 1.54) is 0 Å². The van der Waals surface area contributed by atoms with Crippen LogP contribution in [0.2, 0.25) is 5.02 Å². The van der Waals surface area contributed by atoms with Gasteiger partial charge in [0.05, 0.1) is 10.6 Å². The SMILES string of the molecule is CSCCC(NC(=O)c1ccccc1Cl)C(=O)N1CCN(c2ncccn2)CC1. The summed E-state index contributed by atoms with van der Waals surface area (Å²) >= 11 is 7.78. The van der Waals surface area contributed by atoms with E-state index >= 15 is 0 Å². The Morgan fingerprint density at radius 1 is 1.14 bits per heavy atom. The summed E-state index contributed by atoms with van der Waals surface area (Å²) in [4.78, 5) is 38.2. The van der Waals surface area contributed by atoms with Gasteiger partial charge < -0.3 is 15.1 Å². The number of amides is 2. The van der Waals surface area contributed by atoms with Crippen LogP contribution in [-0.2, 0) is 4.79 Å². The first-order valence-electron chi connectivity index (χ1n) is 9.45. The standard InChI is InChI=1S/C20H24ClN5O2S/c1-29-14-7-17(24-18(27)15-5-2-3-6-16(15)21)19(28)25-10-12-26(13-11-25)20-22-8-4-9-23-20/h2-6,8-9,17H,7,10-14H2,1H3,(H,24,27). The third-order valence-electron chi connectivity index (χ3n) is 4.76. The smallest absolute Gasteiger partial charge is 0.253 e. The van der Waals surface area contributed by atoms with Crippen LogP contribution in [-0.4, -0.2) is 70.9 Å². The van der Waals surface area contributed by atoms with Crippen molar-refractivity contribution >= 4 is 41.1 Å². The number of thioether (sulfide) groups is 1. The van der Waals surface area contributed by atoms with E-state index in [9.17, 15) is 9.59 Å². The van der Waals surface area contributed by atoms with Crippen LogP contribution in [0.5, 0.6) is 0 Å². The molecule has 1 saturated heterocycles. The summed E-state index contributed by atoms with van der Waals surface area (Å²) in [6.45, 7) is 2.44. The number of nitrogens with one attached hydrogen (secondary N) is 1. The van der Waals surface area contributed by atoms with E-state index in [1.807, 2.05) is 6.26 Å². The zero-order chi connectivity index (χ0) is 20.6. The van der Waals surface area contributed by atoms with E-state index in [0.29, 0.717) is 49.1 Å². The molecule has 154 valence electrons. The molecule has 1 aromatic heterocycles. The average Bonchev–Trinajstić information content (AvgIpc) is 2.77. The second-order valence-corrected chi connectivity index (χ2v) is 8.04. The van der Waals surface area contributed by atoms with E-state index in [0.717, 1.165) is 5.75 Å². The molecular weight excluding hydrogens is 410 g/mol. The molecule has 2 amide bonds. The predicted molar refractivity (Wildman–Crippen MR) is 117 cm³/mol. The van der Waals surface area contributed by atoms with E-state index in [-0.39, 0.29) is 11.8 Å². The number of aromatic nitrogens is 2. The van der Waals surface area contributed by atoms with Crippen molar-refractivity contribution in [1.82, 2.24) is 20.2 Å². The van der Waals surface area contributed by atoms with Crippen molar-refractivity contribution in [3.05, 3.63) is 53.3 Å². The minimum atomic E-state index is -0.578. The van der Waals surface area contributed by atoms with Gasteiger partial charge in [-0.2, -0.15) is 11.8 Å². The molecule has 1 aliphatic rings. The predicted octanol–water partition coefficient (Wildman–Crippen LogP) is 2.33. The van der Waals surface area contributed by atoms with Crippen molar-refractivity contribution in [3.63, 3.8) is 0 Å². The number of halogens is 1. The third-order valence-corrected chi connectivity index (χ3v) is 5.73. The van der Waals surface area contributed by atoms with Gasteiger partial charge in [0.2, 0.25) is 11.9 Å². The number of carbonyl (C=O) groups is 2. The zero-order valence-electron chi connectivity index (χ0n) is 16.3. The van der Waals surface area contributed by atoms with Gasteiger partial charge >= 0.3 is 0 Å². The highest BCUT2D eigenvalue weighted by molar-refractivity contribution is 7.98. The van der Waals surface area contributed by atoms with Crippen LogP contribution in [0.3, 0.4) is 0 Å². The van der Waals surface area contributed by atoms with E-state index in [1.54, 1.807) is 59.4 Å². The summed E-state index contributed by atoms with van der Waals surface area (Å²) in [5.41, 5.74) is 0.377. The topological polar surface area (TPSA) is 78.4 Å². The van der Waals surface area contributed by atoms with Crippen LogP contribution in [0.25, 0.3) is 0 Å². The molecule has 7 nitrogen and oxygen atoms in total. The molecule has 1 N–H and O–H groups in total. The third kappa shape index (κ3) is 5.61. The Morgan fingerprint density at radius 3 is 2.48 bits per heavy atom. The van der Waals surface area contributed by atoms with Crippen LogP contribution in [0.15, 0.2) is 42.7 Å². The van der Waals surface area contributed by atoms with Gasteiger partial charge in [0.25, 0.3) is 5.91 Å². The second-order valence-electron chi connectivity index (χ2n) is 6.65. The first kappa shape index (κ1) is 21.4. The number of anilines is 1. The molecule has 1 aromatic carbocycles. The molecule has 1 fully saturated rings. The monoisotopic (exact) mass is 433 g/mol. The fourth-order valence-electron chi connectivity index (χ4n) is 3.18. The lowest BCUT2D eigenvalue weighted by atomic mass is 10.1. The fourth-order valence-corrected chi connectivity index (χ4v) is 3.87. The molecule has 0 saturated carbocycles. The van der Waals surface area contributed by atoms with Crippen molar-refractivity contribution in [2.45, 2.75) is 12.5 Å². The number of carbonyl (C=O) groups excluding carboxylic acids is 2. The highest BCUT2D eigenvalue weighted by Gasteiger charge is 2.29. The molecule has 2 heterocycles. The summed E-state index contributed by atoms with van der Waals surface area (Å²) in [6.07, 6.45) is 5.97. The molecule has 3 rings (SSSR count). The molecule has 29 heavy (non-hydrogen) atoms. The van der Waals surface area contributed by atoms with Crippen molar-refractivity contribution < 1.29 is 9.59 Å². The summed E-state index contributed by atoms with van der Waals surface area (Å²) in [5, 5.41) is 3.26. The van der Waals surface area contributed by atoms with Crippen molar-refractivity contribution in [3.8, 4) is 0 Å². The Hall–Kier alpha value is -2.32. The molecule has 0 aliphatic carbocycles. The number of benzene rings is 1. The normalized spacial score (nSPS) is 15.1. The molecular formula is C20H24ClN5O2S. The van der Waals surface area contributed by atoms with E-state index in [2.05, 4.69) is 20.2 Å². The Labute approximate surface area is 179 Å². The summed E-state index contributed by atoms with van der Waals surface area (Å²) < 4.78 is 0. The van der Waals surface area contributed by atoms with Crippen LogP contribution in [0.4, 0.5) is 5.95 Å². The molecule has 0 bridgehead atoms. The van der Waals surface area contributed by atoms with Crippen molar-refractivity contribution in [2.24, 2.45) is 0 Å². The maximum atomic E-state index is 13.1. The molecule has 1 unspecified atom stereocenters. The lowest BCUT2D eigenvalue weighted by Crippen LogP contribution is -2.55. The first-order chi connectivity index (χ1) is 14.1. The zero-order valence-corrected chi connectivity index (χ0v) is 17.8. The average molecular weight is 434 g/mol. The Balaban J connectivity index is 1.63. The van der Waals surface area contributed by atoms with Gasteiger partial charge in [-0.3, -0.25) is 9.59 Å². The Bertz CT molecular complexity index is 831. The van der Waals surface area contributed by atoms with Gasteiger partial charge in [0, 0.05) is 38.6 Å². The van der Waals surface area contributed by atoms with Crippen LogP contribution in [0, 0.1) is 0 Å². The molecule has 2 aromatic rings. The number of hydrogen-bond donors (Lipinski definition) is 1. The summed E-state index contributed by atoms with van der Waals surface area (Å²) in [6, 6.07) is 8.05. The van der Waals surface area contributed by atoms with Gasteiger partial charge in [-0.25, -0.2) is 9.97 Å². The summed E-state index contributed by atoms with van der Waals surface area (Å²) in [7, 11) is 0.